The molecule has 1 saturated heterocycles. The number of piperidine rings is 1. The van der Waals surface area contributed by atoms with Crippen LogP contribution in [0.2, 0.25) is 0 Å². The van der Waals surface area contributed by atoms with Gasteiger partial charge in [0.25, 0.3) is 0 Å². The van der Waals surface area contributed by atoms with Gasteiger partial charge in [-0.15, -0.1) is 0 Å². The zero-order chi connectivity index (χ0) is 14.8. The SMILES string of the molecule is NCC1CCCCN1Cc1ccc(F)cc1C(F)(F)F. The average molecular weight is 290 g/mol. The number of likely N-dealkylation sites (tertiary alicyclic amines) is 1. The Morgan fingerprint density at radius 1 is 1.25 bits per heavy atom. The first-order valence-corrected chi connectivity index (χ1v) is 6.71. The first-order valence-electron chi connectivity index (χ1n) is 6.71. The Hall–Kier alpha value is -1.14. The highest BCUT2D eigenvalue weighted by Gasteiger charge is 2.34. The van der Waals surface area contributed by atoms with Gasteiger partial charge in [-0.3, -0.25) is 4.90 Å². The van der Waals surface area contributed by atoms with Gasteiger partial charge >= 0.3 is 6.18 Å². The number of rotatable bonds is 3. The van der Waals surface area contributed by atoms with Crippen LogP contribution in [0.4, 0.5) is 17.6 Å². The smallest absolute Gasteiger partial charge is 0.329 e. The van der Waals surface area contributed by atoms with Gasteiger partial charge in [-0.2, -0.15) is 13.2 Å². The van der Waals surface area contributed by atoms with E-state index in [-0.39, 0.29) is 18.2 Å². The van der Waals surface area contributed by atoms with Crippen molar-refractivity contribution in [2.24, 2.45) is 5.73 Å². The Labute approximate surface area is 115 Å². The minimum atomic E-state index is -4.54. The van der Waals surface area contributed by atoms with Crippen LogP contribution in [0.15, 0.2) is 18.2 Å². The van der Waals surface area contributed by atoms with Crippen molar-refractivity contribution in [3.8, 4) is 0 Å². The van der Waals surface area contributed by atoms with Gasteiger partial charge in [0.2, 0.25) is 0 Å². The van der Waals surface area contributed by atoms with E-state index in [0.717, 1.165) is 31.9 Å². The minimum absolute atomic E-state index is 0.106. The molecule has 0 amide bonds. The van der Waals surface area contributed by atoms with Crippen LogP contribution in [-0.2, 0) is 12.7 Å². The van der Waals surface area contributed by atoms with Crippen molar-refractivity contribution in [1.82, 2.24) is 4.90 Å². The van der Waals surface area contributed by atoms with E-state index in [1.165, 1.54) is 6.07 Å². The molecule has 2 rings (SSSR count). The summed E-state index contributed by atoms with van der Waals surface area (Å²) in [5, 5.41) is 0. The Bertz CT molecular complexity index is 459. The summed E-state index contributed by atoms with van der Waals surface area (Å²) in [5.41, 5.74) is 4.89. The maximum absolute atomic E-state index is 13.1. The number of nitrogens with two attached hydrogens (primary N) is 1. The molecule has 0 saturated carbocycles. The topological polar surface area (TPSA) is 29.3 Å². The molecule has 1 unspecified atom stereocenters. The van der Waals surface area contributed by atoms with E-state index < -0.39 is 17.6 Å². The average Bonchev–Trinajstić information content (AvgIpc) is 2.40. The molecule has 0 radical (unpaired) electrons. The monoisotopic (exact) mass is 290 g/mol. The van der Waals surface area contributed by atoms with E-state index in [1.807, 2.05) is 4.90 Å². The van der Waals surface area contributed by atoms with Crippen LogP contribution in [0.25, 0.3) is 0 Å². The molecule has 1 aromatic rings. The summed E-state index contributed by atoms with van der Waals surface area (Å²) in [4.78, 5) is 1.96. The van der Waals surface area contributed by atoms with E-state index >= 15 is 0 Å². The van der Waals surface area contributed by atoms with Gasteiger partial charge in [0, 0.05) is 19.1 Å². The first-order chi connectivity index (χ1) is 9.41. The van der Waals surface area contributed by atoms with Crippen LogP contribution in [0.1, 0.15) is 30.4 Å². The van der Waals surface area contributed by atoms with Gasteiger partial charge < -0.3 is 5.73 Å². The molecule has 1 atom stereocenters. The van der Waals surface area contributed by atoms with Crippen molar-refractivity contribution in [1.29, 1.82) is 0 Å². The number of hydrogen-bond donors (Lipinski definition) is 1. The van der Waals surface area contributed by atoms with Gasteiger partial charge in [0.05, 0.1) is 5.56 Å². The van der Waals surface area contributed by atoms with E-state index in [0.29, 0.717) is 12.6 Å². The molecular weight excluding hydrogens is 272 g/mol. The third-order valence-corrected chi connectivity index (χ3v) is 3.77. The number of hydrogen-bond acceptors (Lipinski definition) is 2. The van der Waals surface area contributed by atoms with Crippen molar-refractivity contribution in [3.05, 3.63) is 35.1 Å². The Morgan fingerprint density at radius 3 is 2.65 bits per heavy atom. The predicted octanol–water partition coefficient (Wildman–Crippen LogP) is 3.16. The van der Waals surface area contributed by atoms with Crippen molar-refractivity contribution in [2.75, 3.05) is 13.1 Å². The van der Waals surface area contributed by atoms with E-state index in [9.17, 15) is 17.6 Å². The summed E-state index contributed by atoms with van der Waals surface area (Å²) >= 11 is 0. The molecule has 6 heteroatoms. The lowest BCUT2D eigenvalue weighted by atomic mass is 9.99. The molecule has 20 heavy (non-hydrogen) atoms. The fourth-order valence-corrected chi connectivity index (χ4v) is 2.70. The van der Waals surface area contributed by atoms with Gasteiger partial charge in [0.15, 0.2) is 0 Å². The Morgan fingerprint density at radius 2 is 2.00 bits per heavy atom. The lowest BCUT2D eigenvalue weighted by molar-refractivity contribution is -0.138. The molecule has 0 spiro atoms. The lowest BCUT2D eigenvalue weighted by Crippen LogP contribution is -2.43. The molecule has 2 N–H and O–H groups in total. The third kappa shape index (κ3) is 3.49. The fourth-order valence-electron chi connectivity index (χ4n) is 2.70. The molecule has 2 nitrogen and oxygen atoms in total. The summed E-state index contributed by atoms with van der Waals surface area (Å²) in [6.07, 6.45) is -1.63. The molecule has 1 heterocycles. The van der Waals surface area contributed by atoms with Crippen LogP contribution in [0, 0.1) is 5.82 Å². The Balaban J connectivity index is 2.24. The standard InChI is InChI=1S/C14H18F4N2/c15-11-5-4-10(13(7-11)14(16,17)18)9-20-6-2-1-3-12(20)8-19/h4-5,7,12H,1-3,6,8-9,19H2. The Kier molecular flexibility index (Phi) is 4.65. The first kappa shape index (κ1) is 15.3. The lowest BCUT2D eigenvalue weighted by Gasteiger charge is -2.35. The number of halogens is 4. The molecule has 0 aromatic heterocycles. The molecule has 0 aliphatic carbocycles. The number of benzene rings is 1. The second kappa shape index (κ2) is 6.10. The second-order valence-corrected chi connectivity index (χ2v) is 5.16. The largest absolute Gasteiger partial charge is 0.416 e. The van der Waals surface area contributed by atoms with Gasteiger partial charge in [-0.1, -0.05) is 12.5 Å². The summed E-state index contributed by atoms with van der Waals surface area (Å²) in [6.45, 7) is 1.33. The molecule has 0 bridgehead atoms. The van der Waals surface area contributed by atoms with Crippen molar-refractivity contribution in [3.63, 3.8) is 0 Å². The minimum Gasteiger partial charge on any atom is -0.329 e. The van der Waals surface area contributed by atoms with Crippen LogP contribution in [0.5, 0.6) is 0 Å². The van der Waals surface area contributed by atoms with E-state index in [2.05, 4.69) is 0 Å². The summed E-state index contributed by atoms with van der Waals surface area (Å²) in [6, 6.07) is 2.97. The summed E-state index contributed by atoms with van der Waals surface area (Å²) < 4.78 is 51.9. The van der Waals surface area contributed by atoms with Crippen LogP contribution >= 0.6 is 0 Å². The van der Waals surface area contributed by atoms with Crippen molar-refractivity contribution < 1.29 is 17.6 Å². The van der Waals surface area contributed by atoms with Crippen LogP contribution < -0.4 is 5.73 Å². The third-order valence-electron chi connectivity index (χ3n) is 3.77. The van der Waals surface area contributed by atoms with Gasteiger partial charge in [-0.05, 0) is 37.1 Å². The fraction of sp³-hybridized carbons (Fsp3) is 0.571. The summed E-state index contributed by atoms with van der Waals surface area (Å²) in [7, 11) is 0. The van der Waals surface area contributed by atoms with Crippen LogP contribution in [-0.4, -0.2) is 24.0 Å². The van der Waals surface area contributed by atoms with Gasteiger partial charge in [-0.25, -0.2) is 4.39 Å². The highest BCUT2D eigenvalue weighted by molar-refractivity contribution is 5.30. The highest BCUT2D eigenvalue weighted by Crippen LogP contribution is 2.33. The number of nitrogens with zero attached hydrogens (tertiary/aromatic N) is 1. The van der Waals surface area contributed by atoms with E-state index in [1.54, 1.807) is 0 Å². The molecule has 1 aromatic carbocycles. The van der Waals surface area contributed by atoms with E-state index in [4.69, 9.17) is 5.73 Å². The molecule has 1 aliphatic heterocycles. The second-order valence-electron chi connectivity index (χ2n) is 5.16. The quantitative estimate of drug-likeness (QED) is 0.866. The maximum Gasteiger partial charge on any atom is 0.416 e. The zero-order valence-corrected chi connectivity index (χ0v) is 11.1. The molecule has 112 valence electrons. The van der Waals surface area contributed by atoms with Crippen LogP contribution in [0.3, 0.4) is 0 Å². The molecule has 1 aliphatic rings. The highest BCUT2D eigenvalue weighted by atomic mass is 19.4. The van der Waals surface area contributed by atoms with Gasteiger partial charge in [0.1, 0.15) is 5.82 Å². The molecular formula is C14H18F4N2. The number of alkyl halides is 3. The summed E-state index contributed by atoms with van der Waals surface area (Å²) in [5.74, 6) is -0.866. The normalized spacial score (nSPS) is 21.1. The molecule has 1 fully saturated rings. The van der Waals surface area contributed by atoms with Crippen molar-refractivity contribution >= 4 is 0 Å². The zero-order valence-electron chi connectivity index (χ0n) is 11.1. The predicted molar refractivity (Wildman–Crippen MR) is 68.5 cm³/mol. The van der Waals surface area contributed by atoms with Crippen molar-refractivity contribution in [2.45, 2.75) is 38.0 Å². The maximum atomic E-state index is 13.1.